The summed E-state index contributed by atoms with van der Waals surface area (Å²) < 4.78 is 51.7. The molecular formula is C108H73B2Br2Cl3O10. The first-order valence-electron chi connectivity index (χ1n) is 40.9. The highest BCUT2D eigenvalue weighted by atomic mass is 79.9. The molecule has 125 heavy (non-hydrogen) atoms. The minimum absolute atomic E-state index is 0.348. The summed E-state index contributed by atoms with van der Waals surface area (Å²) in [6.07, 6.45) is 0. The Morgan fingerprint density at radius 1 is 0.248 bits per heavy atom. The molecule has 7 heterocycles. The van der Waals surface area contributed by atoms with E-state index >= 15 is 0 Å². The normalized spacial score (nSPS) is 13.0. The lowest BCUT2D eigenvalue weighted by Crippen LogP contribution is -2.41. The SMILES string of the molecule is Brc1cccc2c1oc1c(Br)cccc12.CC1(C)OB(c2cccc3oc4ccccc4c23)OC1(C)C.Clc1ccc(-c2cccc3c2oc2c(-c4ccc(Cl)cc4)cccc23)cc1.OB(O)c1ccc(Cl)cc1.c1ccc2c(c1)oc1cccc(-c3ccc(-c4cccc5c4oc4c(-c6ccc(-c7cccc8oc9ccccc9c78)cc6)cccc45)cc3)c12. The third-order valence-corrected chi connectivity index (χ3v) is 25.7. The maximum absolute atomic E-state index is 8.63. The quantitative estimate of drug-likeness (QED) is 0.141. The highest BCUT2D eigenvalue weighted by Crippen LogP contribution is 2.47. The molecule has 23 aromatic rings. The predicted molar refractivity (Wildman–Crippen MR) is 524 cm³/mol. The highest BCUT2D eigenvalue weighted by Gasteiger charge is 2.52. The van der Waals surface area contributed by atoms with Crippen LogP contribution in [0.3, 0.4) is 0 Å². The Kier molecular flexibility index (Phi) is 21.6. The number of halogens is 5. The molecule has 24 rings (SSSR count). The van der Waals surface area contributed by atoms with Crippen LogP contribution in [0.1, 0.15) is 27.7 Å². The molecule has 1 saturated heterocycles. The van der Waals surface area contributed by atoms with Crippen LogP contribution in [0.25, 0.3) is 198 Å². The van der Waals surface area contributed by atoms with Crippen LogP contribution >= 0.6 is 66.7 Å². The molecule has 1 aliphatic rings. The van der Waals surface area contributed by atoms with E-state index in [1.807, 2.05) is 140 Å². The molecule has 0 saturated carbocycles. The fourth-order valence-electron chi connectivity index (χ4n) is 16.9. The molecule has 1 aliphatic heterocycles. The number of rotatable bonds is 8. The van der Waals surface area contributed by atoms with Crippen LogP contribution in [0.4, 0.5) is 0 Å². The minimum Gasteiger partial charge on any atom is -0.456 e. The van der Waals surface area contributed by atoms with Crippen molar-refractivity contribution in [2.24, 2.45) is 0 Å². The standard InChI is InChI=1S/C48H28O3.C24H14Cl2O.C18H19BO3.C12H6Br2O.C6H6BClO2/c1-3-17-41-39(9-1)45-33(11-7-19-43(45)49-41)29-21-25-31(26-22-29)35-13-5-15-37-38-16-6-14-36(48(38)51-47(35)37)32-27-23-30(24-28-32)34-12-8-20-44-46(34)40-10-2-4-18-42(40)50-44;25-17-11-7-15(8-12-17)19-3-1-5-21-22-6-2-4-20(24(22)27-23(19)21)16-9-13-18(26)14-10-16;1-17(2)18(3,4)22-19(21-17)13-9-7-11-15-16(13)12-8-5-6-10-14(12)20-15;13-9-5-1-3-7-8-4-2-6-10(14)12(8)15-11(7)9;8-6-3-1-5(2-4-6)7(9)10/h1-28H;1-14H;5-11H,1-4H3;1-6H;1-4,9-10H. The van der Waals surface area contributed by atoms with Crippen molar-refractivity contribution in [2.45, 2.75) is 38.9 Å². The Balaban J connectivity index is 0.000000111. The molecule has 0 unspecified atom stereocenters. The van der Waals surface area contributed by atoms with Crippen LogP contribution in [-0.2, 0) is 9.31 Å². The molecule has 6 aromatic heterocycles. The molecule has 606 valence electrons. The van der Waals surface area contributed by atoms with Crippen LogP contribution in [0.5, 0.6) is 0 Å². The Morgan fingerprint density at radius 3 is 0.848 bits per heavy atom. The molecule has 0 atom stereocenters. The molecule has 1 fully saturated rings. The number of hydrogen-bond donors (Lipinski definition) is 2. The van der Waals surface area contributed by atoms with E-state index in [2.05, 4.69) is 254 Å². The zero-order chi connectivity index (χ0) is 85.4. The van der Waals surface area contributed by atoms with Gasteiger partial charge in [-0.2, -0.15) is 0 Å². The van der Waals surface area contributed by atoms with E-state index in [1.165, 1.54) is 0 Å². The van der Waals surface area contributed by atoms with Gasteiger partial charge < -0.3 is 45.9 Å². The summed E-state index contributed by atoms with van der Waals surface area (Å²) in [5, 5.41) is 32.7. The van der Waals surface area contributed by atoms with Gasteiger partial charge in [-0.3, -0.25) is 0 Å². The molecule has 0 amide bonds. The monoisotopic (exact) mass is 1810 g/mol. The van der Waals surface area contributed by atoms with Crippen molar-refractivity contribution in [3.05, 3.63) is 382 Å². The van der Waals surface area contributed by atoms with E-state index in [-0.39, 0.29) is 18.3 Å². The van der Waals surface area contributed by atoms with Gasteiger partial charge >= 0.3 is 14.2 Å². The number of furan rings is 6. The summed E-state index contributed by atoms with van der Waals surface area (Å²) in [6, 6.07) is 120. The summed E-state index contributed by atoms with van der Waals surface area (Å²) in [4.78, 5) is 0. The van der Waals surface area contributed by atoms with E-state index < -0.39 is 7.12 Å². The van der Waals surface area contributed by atoms with Gasteiger partial charge in [-0.05, 0) is 200 Å². The van der Waals surface area contributed by atoms with Crippen LogP contribution in [0, 0.1) is 0 Å². The van der Waals surface area contributed by atoms with Gasteiger partial charge in [0.15, 0.2) is 0 Å². The Morgan fingerprint density at radius 2 is 0.496 bits per heavy atom. The van der Waals surface area contributed by atoms with Crippen molar-refractivity contribution in [1.29, 1.82) is 0 Å². The van der Waals surface area contributed by atoms with Gasteiger partial charge in [-0.25, -0.2) is 0 Å². The lowest BCUT2D eigenvalue weighted by molar-refractivity contribution is 0.00578. The van der Waals surface area contributed by atoms with Crippen molar-refractivity contribution in [1.82, 2.24) is 0 Å². The summed E-state index contributed by atoms with van der Waals surface area (Å²) in [7, 11) is -1.79. The lowest BCUT2D eigenvalue weighted by atomic mass is 9.76. The maximum Gasteiger partial charge on any atom is 0.495 e. The van der Waals surface area contributed by atoms with Gasteiger partial charge in [0.2, 0.25) is 0 Å². The second-order valence-corrected chi connectivity index (χ2v) is 34.8. The molecular weight excluding hydrogens is 1740 g/mol. The van der Waals surface area contributed by atoms with E-state index in [1.54, 1.807) is 24.3 Å². The minimum atomic E-state index is -1.41. The van der Waals surface area contributed by atoms with Gasteiger partial charge in [0, 0.05) is 102 Å². The van der Waals surface area contributed by atoms with Crippen molar-refractivity contribution in [3.8, 4) is 66.8 Å². The summed E-state index contributed by atoms with van der Waals surface area (Å²) in [5.41, 5.74) is 24.8. The van der Waals surface area contributed by atoms with Crippen LogP contribution in [-0.4, -0.2) is 35.5 Å². The molecule has 0 spiro atoms. The third-order valence-electron chi connectivity index (χ3n) is 23.7. The molecule has 0 bridgehead atoms. The molecule has 17 heteroatoms. The second-order valence-electron chi connectivity index (χ2n) is 31.8. The lowest BCUT2D eigenvalue weighted by Gasteiger charge is -2.32. The average molecular weight is 1820 g/mol. The van der Waals surface area contributed by atoms with Crippen molar-refractivity contribution in [2.75, 3.05) is 0 Å². The second kappa shape index (κ2) is 33.4. The first kappa shape index (κ1) is 80.7. The molecule has 0 aliphatic carbocycles. The van der Waals surface area contributed by atoms with E-state index in [0.717, 1.165) is 223 Å². The average Bonchev–Trinajstić information content (AvgIpc) is 1.58. The summed E-state index contributed by atoms with van der Waals surface area (Å²) in [6.45, 7) is 8.28. The van der Waals surface area contributed by atoms with Gasteiger partial charge in [-0.1, -0.05) is 308 Å². The molecule has 0 radical (unpaired) electrons. The Hall–Kier alpha value is -12.7. The first-order valence-corrected chi connectivity index (χ1v) is 43.6. The van der Waals surface area contributed by atoms with Gasteiger partial charge in [-0.15, -0.1) is 0 Å². The molecule has 2 N–H and O–H groups in total. The summed E-state index contributed by atoms with van der Waals surface area (Å²) >= 11 is 24.6. The maximum atomic E-state index is 8.63. The number of para-hydroxylation sites is 9. The number of benzene rings is 17. The Bertz CT molecular complexity index is 7650. The zero-order valence-corrected chi connectivity index (χ0v) is 73.2. The first-order chi connectivity index (χ1) is 60.8. The van der Waals surface area contributed by atoms with Crippen LogP contribution in [0.15, 0.2) is 393 Å². The van der Waals surface area contributed by atoms with Gasteiger partial charge in [0.05, 0.1) is 20.1 Å². The van der Waals surface area contributed by atoms with E-state index in [0.29, 0.717) is 10.5 Å². The topological polar surface area (TPSA) is 138 Å². The van der Waals surface area contributed by atoms with Gasteiger partial charge in [0.25, 0.3) is 0 Å². The summed E-state index contributed by atoms with van der Waals surface area (Å²) in [5.74, 6) is 0. The van der Waals surface area contributed by atoms with E-state index in [9.17, 15) is 0 Å². The number of fused-ring (bicyclic) bond motifs is 18. The largest absolute Gasteiger partial charge is 0.495 e. The fraction of sp³-hybridized carbons (Fsp3) is 0.0556. The number of hydrogen-bond acceptors (Lipinski definition) is 10. The van der Waals surface area contributed by atoms with Crippen LogP contribution < -0.4 is 10.9 Å². The third kappa shape index (κ3) is 15.3. The molecule has 10 nitrogen and oxygen atoms in total. The Labute approximate surface area is 750 Å². The van der Waals surface area contributed by atoms with Gasteiger partial charge in [0.1, 0.15) is 67.0 Å². The highest BCUT2D eigenvalue weighted by molar-refractivity contribution is 9.11. The smallest absolute Gasteiger partial charge is 0.456 e. The van der Waals surface area contributed by atoms with Crippen LogP contribution in [0.2, 0.25) is 15.1 Å². The fourth-order valence-corrected chi connectivity index (χ4v) is 18.1. The predicted octanol–water partition coefficient (Wildman–Crippen LogP) is 31.3. The van der Waals surface area contributed by atoms with Crippen molar-refractivity contribution < 1.29 is 45.9 Å². The van der Waals surface area contributed by atoms with Crippen molar-refractivity contribution in [3.63, 3.8) is 0 Å². The molecule has 17 aromatic carbocycles. The van der Waals surface area contributed by atoms with Crippen molar-refractivity contribution >= 4 is 223 Å². The van der Waals surface area contributed by atoms with E-state index in [4.69, 9.17) is 80.7 Å². The zero-order valence-electron chi connectivity index (χ0n) is 67.8.